The molecule has 1 aromatic carbocycles. The van der Waals surface area contributed by atoms with E-state index >= 15 is 0 Å². The lowest BCUT2D eigenvalue weighted by Crippen LogP contribution is -2.01. The summed E-state index contributed by atoms with van der Waals surface area (Å²) in [6, 6.07) is 10.2. The van der Waals surface area contributed by atoms with Crippen LogP contribution in [0.5, 0.6) is 0 Å². The maximum atomic E-state index is 11.2. The number of carbonyl (C=O) groups is 1. The second-order valence-electron chi connectivity index (χ2n) is 3.43. The highest BCUT2D eigenvalue weighted by atomic mass is 32.2. The Balaban J connectivity index is 2.71. The maximum Gasteiger partial charge on any atom is 0.131 e. The molecule has 0 aromatic heterocycles. The normalized spacial score (nSPS) is 12.1. The molecule has 1 rings (SSSR count). The van der Waals surface area contributed by atoms with Crippen molar-refractivity contribution < 1.29 is 4.79 Å². The Morgan fingerprint density at radius 1 is 1.47 bits per heavy atom. The first kappa shape index (κ1) is 12.1. The van der Waals surface area contributed by atoms with Crippen LogP contribution in [0.4, 0.5) is 0 Å². The zero-order chi connectivity index (χ0) is 11.1. The lowest BCUT2D eigenvalue weighted by atomic mass is 10.1. The monoisotopic (exact) mass is 220 g/mol. The molecule has 0 aliphatic heterocycles. The Morgan fingerprint density at radius 3 is 2.67 bits per heavy atom. The molecule has 1 unspecified atom stereocenters. The number of hydrogen-bond donors (Lipinski definition) is 0. The van der Waals surface area contributed by atoms with Crippen LogP contribution in [0, 0.1) is 0 Å². The van der Waals surface area contributed by atoms with E-state index in [4.69, 9.17) is 0 Å². The third kappa shape index (κ3) is 4.34. The minimum Gasteiger partial charge on any atom is -0.300 e. The summed E-state index contributed by atoms with van der Waals surface area (Å²) in [5.74, 6) is 1.12. The van der Waals surface area contributed by atoms with Crippen LogP contribution in [0.2, 0.25) is 0 Å². The van der Waals surface area contributed by atoms with E-state index in [1.807, 2.05) is 24.3 Å². The van der Waals surface area contributed by atoms with Crippen molar-refractivity contribution in [3.05, 3.63) is 48.6 Å². The average Bonchev–Trinajstić information content (AvgIpc) is 2.25. The molecular formula is C13H16OS. The van der Waals surface area contributed by atoms with Crippen molar-refractivity contribution in [3.63, 3.8) is 0 Å². The molecular weight excluding hydrogens is 204 g/mol. The van der Waals surface area contributed by atoms with Gasteiger partial charge >= 0.3 is 0 Å². The van der Waals surface area contributed by atoms with E-state index in [0.717, 1.165) is 5.75 Å². The number of Topliss-reactive ketones (excluding diaryl/α,β-unsaturated/α-hetero) is 1. The fraction of sp³-hybridized carbons (Fsp3) is 0.308. The Kier molecular flexibility index (Phi) is 5.19. The van der Waals surface area contributed by atoms with Gasteiger partial charge in [-0.05, 0) is 12.5 Å². The van der Waals surface area contributed by atoms with Gasteiger partial charge in [0, 0.05) is 17.4 Å². The zero-order valence-corrected chi connectivity index (χ0v) is 9.80. The molecule has 0 fully saturated rings. The Labute approximate surface area is 95.6 Å². The highest BCUT2D eigenvalue weighted by Gasteiger charge is 2.12. The fourth-order valence-electron chi connectivity index (χ4n) is 1.39. The van der Waals surface area contributed by atoms with E-state index in [9.17, 15) is 4.79 Å². The van der Waals surface area contributed by atoms with Crippen LogP contribution in [0.3, 0.4) is 0 Å². The molecule has 0 saturated heterocycles. The summed E-state index contributed by atoms with van der Waals surface area (Å²) in [7, 11) is 0. The van der Waals surface area contributed by atoms with Crippen molar-refractivity contribution in [3.8, 4) is 0 Å². The second-order valence-corrected chi connectivity index (χ2v) is 4.66. The third-order valence-electron chi connectivity index (χ3n) is 2.06. The minimum atomic E-state index is 0.236. The van der Waals surface area contributed by atoms with Gasteiger partial charge in [0.2, 0.25) is 0 Å². The Morgan fingerprint density at radius 2 is 2.13 bits per heavy atom. The van der Waals surface area contributed by atoms with Gasteiger partial charge in [-0.25, -0.2) is 0 Å². The van der Waals surface area contributed by atoms with E-state index in [0.29, 0.717) is 6.42 Å². The number of rotatable bonds is 6. The highest BCUT2D eigenvalue weighted by molar-refractivity contribution is 7.99. The van der Waals surface area contributed by atoms with E-state index in [2.05, 4.69) is 18.7 Å². The molecule has 0 aliphatic rings. The van der Waals surface area contributed by atoms with Crippen LogP contribution < -0.4 is 0 Å². The smallest absolute Gasteiger partial charge is 0.131 e. The SMILES string of the molecule is C=CCSC(CC(C)=O)c1ccccc1. The molecule has 2 heteroatoms. The zero-order valence-electron chi connectivity index (χ0n) is 8.98. The highest BCUT2D eigenvalue weighted by Crippen LogP contribution is 2.31. The molecule has 0 aliphatic carbocycles. The molecule has 1 nitrogen and oxygen atoms in total. The van der Waals surface area contributed by atoms with Crippen LogP contribution in [-0.4, -0.2) is 11.5 Å². The van der Waals surface area contributed by atoms with Gasteiger partial charge < -0.3 is 0 Å². The van der Waals surface area contributed by atoms with Gasteiger partial charge in [0.05, 0.1) is 0 Å². The van der Waals surface area contributed by atoms with Gasteiger partial charge in [-0.15, -0.1) is 18.3 Å². The van der Waals surface area contributed by atoms with E-state index < -0.39 is 0 Å². The molecule has 80 valence electrons. The van der Waals surface area contributed by atoms with Gasteiger partial charge in [-0.2, -0.15) is 0 Å². The molecule has 1 aromatic rings. The molecule has 0 N–H and O–H groups in total. The van der Waals surface area contributed by atoms with Crippen molar-refractivity contribution in [2.45, 2.75) is 18.6 Å². The molecule has 0 amide bonds. The van der Waals surface area contributed by atoms with Gasteiger partial charge in [-0.3, -0.25) is 4.79 Å². The van der Waals surface area contributed by atoms with Crippen molar-refractivity contribution in [1.29, 1.82) is 0 Å². The topological polar surface area (TPSA) is 17.1 Å². The first-order chi connectivity index (χ1) is 7.24. The van der Waals surface area contributed by atoms with Crippen molar-refractivity contribution >= 4 is 17.5 Å². The standard InChI is InChI=1S/C13H16OS/c1-3-9-15-13(10-11(2)14)12-7-5-4-6-8-12/h3-8,13H,1,9-10H2,2H3. The molecule has 0 bridgehead atoms. The first-order valence-corrected chi connectivity index (χ1v) is 6.05. The molecule has 15 heavy (non-hydrogen) atoms. The van der Waals surface area contributed by atoms with Gasteiger partial charge in [0.15, 0.2) is 0 Å². The summed E-state index contributed by atoms with van der Waals surface area (Å²) in [6.45, 7) is 5.34. The third-order valence-corrected chi connectivity index (χ3v) is 3.33. The van der Waals surface area contributed by atoms with E-state index in [-0.39, 0.29) is 11.0 Å². The summed E-state index contributed by atoms with van der Waals surface area (Å²) in [5.41, 5.74) is 1.22. The average molecular weight is 220 g/mol. The summed E-state index contributed by atoms with van der Waals surface area (Å²) in [6.07, 6.45) is 2.48. The first-order valence-electron chi connectivity index (χ1n) is 5.01. The molecule has 1 atom stereocenters. The molecule has 0 saturated carbocycles. The van der Waals surface area contributed by atoms with Gasteiger partial charge in [0.25, 0.3) is 0 Å². The molecule has 0 heterocycles. The number of hydrogen-bond acceptors (Lipinski definition) is 2. The van der Waals surface area contributed by atoms with Crippen molar-refractivity contribution in [2.24, 2.45) is 0 Å². The molecule has 0 radical (unpaired) electrons. The van der Waals surface area contributed by atoms with E-state index in [1.165, 1.54) is 5.56 Å². The number of benzene rings is 1. The quantitative estimate of drug-likeness (QED) is 0.681. The Bertz CT molecular complexity index is 319. The summed E-state index contributed by atoms with van der Waals surface area (Å²) < 4.78 is 0. The summed E-state index contributed by atoms with van der Waals surface area (Å²) in [4.78, 5) is 11.2. The predicted molar refractivity (Wildman–Crippen MR) is 67.1 cm³/mol. The fourth-order valence-corrected chi connectivity index (χ4v) is 2.46. The van der Waals surface area contributed by atoms with Crippen LogP contribution in [-0.2, 0) is 4.79 Å². The van der Waals surface area contributed by atoms with Crippen LogP contribution in [0.25, 0.3) is 0 Å². The predicted octanol–water partition coefficient (Wildman–Crippen LogP) is 3.63. The largest absolute Gasteiger partial charge is 0.300 e. The number of thioether (sulfide) groups is 1. The molecule has 0 spiro atoms. The van der Waals surface area contributed by atoms with Gasteiger partial charge in [-0.1, -0.05) is 36.4 Å². The van der Waals surface area contributed by atoms with Crippen LogP contribution >= 0.6 is 11.8 Å². The maximum absolute atomic E-state index is 11.2. The van der Waals surface area contributed by atoms with E-state index in [1.54, 1.807) is 18.7 Å². The van der Waals surface area contributed by atoms with Crippen molar-refractivity contribution in [2.75, 3.05) is 5.75 Å². The lowest BCUT2D eigenvalue weighted by molar-refractivity contribution is -0.117. The summed E-state index contributed by atoms with van der Waals surface area (Å²) >= 11 is 1.76. The van der Waals surface area contributed by atoms with Crippen molar-refractivity contribution in [1.82, 2.24) is 0 Å². The minimum absolute atomic E-state index is 0.236. The van der Waals surface area contributed by atoms with Crippen LogP contribution in [0.15, 0.2) is 43.0 Å². The van der Waals surface area contributed by atoms with Gasteiger partial charge in [0.1, 0.15) is 5.78 Å². The number of carbonyl (C=O) groups excluding carboxylic acids is 1. The lowest BCUT2D eigenvalue weighted by Gasteiger charge is -2.14. The Hall–Kier alpha value is -1.02. The number of ketones is 1. The second kappa shape index (κ2) is 6.46. The summed E-state index contributed by atoms with van der Waals surface area (Å²) in [5, 5.41) is 0.265. The van der Waals surface area contributed by atoms with Crippen LogP contribution in [0.1, 0.15) is 24.2 Å².